The molecule has 0 heterocycles. The first-order chi connectivity index (χ1) is 9.81. The molecule has 0 amide bonds. The van der Waals surface area contributed by atoms with E-state index in [9.17, 15) is 4.89 Å². The van der Waals surface area contributed by atoms with E-state index in [1.807, 2.05) is 0 Å². The predicted octanol–water partition coefficient (Wildman–Crippen LogP) is 6.48. The molecule has 0 saturated heterocycles. The predicted molar refractivity (Wildman–Crippen MR) is 93.7 cm³/mol. The van der Waals surface area contributed by atoms with E-state index in [4.69, 9.17) is 7.94 Å². The molecular weight excluding hydrogens is 311 g/mol. The molecule has 0 saturated carbocycles. The average Bonchev–Trinajstić information content (AvgIpc) is 2.45. The normalized spacial score (nSPS) is 11.4. The molecule has 1 N–H and O–H groups in total. The van der Waals surface area contributed by atoms with Gasteiger partial charge in [0.2, 0.25) is 0 Å². The molecule has 122 valence electrons. The number of rotatable bonds is 16. The Hall–Kier alpha value is 1.01. The van der Waals surface area contributed by atoms with Gasteiger partial charge in [0.1, 0.15) is 0 Å². The van der Waals surface area contributed by atoms with Crippen LogP contribution in [0.15, 0.2) is 0 Å². The minimum Gasteiger partial charge on any atom is -0.327 e. The van der Waals surface area contributed by atoms with E-state index in [-0.39, 0.29) is 0 Å². The highest BCUT2D eigenvalue weighted by Crippen LogP contribution is 2.42. The lowest BCUT2D eigenvalue weighted by Gasteiger charge is -2.08. The van der Waals surface area contributed by atoms with E-state index in [0.29, 0.717) is 0 Å². The highest BCUT2D eigenvalue weighted by Gasteiger charge is 2.07. The third-order valence-corrected chi connectivity index (χ3v) is 5.67. The summed E-state index contributed by atoms with van der Waals surface area (Å²) >= 11 is 2.67. The van der Waals surface area contributed by atoms with Crippen molar-refractivity contribution in [1.29, 1.82) is 0 Å². The summed E-state index contributed by atoms with van der Waals surface area (Å²) in [6.45, 7) is 4.44. The average molecular weight is 343 g/mol. The van der Waals surface area contributed by atoms with Crippen LogP contribution in [0.2, 0.25) is 0 Å². The van der Waals surface area contributed by atoms with E-state index in [0.717, 1.165) is 24.3 Å². The van der Waals surface area contributed by atoms with E-state index < -0.39 is 8.60 Å². The third kappa shape index (κ3) is 17.1. The molecule has 6 heteroatoms. The maximum absolute atomic E-state index is 9.51. The van der Waals surface area contributed by atoms with Crippen molar-refractivity contribution in [3.8, 4) is 0 Å². The number of unbranched alkanes of at least 4 members (excludes halogenated alkanes) is 8. The molecule has 0 aromatic heterocycles. The van der Waals surface area contributed by atoms with Crippen LogP contribution in [0, 0.1) is 0 Å². The lowest BCUT2D eigenvalue weighted by atomic mass is 10.2. The Morgan fingerprint density at radius 3 is 1.50 bits per heavy atom. The molecule has 0 aliphatic rings. The second kappa shape index (κ2) is 18.1. The van der Waals surface area contributed by atoms with Crippen molar-refractivity contribution in [2.45, 2.75) is 78.1 Å². The lowest BCUT2D eigenvalue weighted by Crippen LogP contribution is -1.85. The summed E-state index contributed by atoms with van der Waals surface area (Å²) in [5.74, 6) is 1.88. The van der Waals surface area contributed by atoms with Gasteiger partial charge in [-0.1, -0.05) is 65.2 Å². The summed E-state index contributed by atoms with van der Waals surface area (Å²) in [5.41, 5.74) is 0. The monoisotopic (exact) mass is 342 g/mol. The van der Waals surface area contributed by atoms with Crippen LogP contribution in [0.25, 0.3) is 0 Å². The van der Waals surface area contributed by atoms with E-state index in [1.54, 1.807) is 0 Å². The molecule has 0 aromatic carbocycles. The quantitative estimate of drug-likeness (QED) is 0.197. The van der Waals surface area contributed by atoms with Gasteiger partial charge in [-0.2, -0.15) is 0 Å². The van der Waals surface area contributed by atoms with Crippen LogP contribution < -0.4 is 0 Å². The molecule has 0 unspecified atom stereocenters. The van der Waals surface area contributed by atoms with Gasteiger partial charge in [0.05, 0.1) is 0 Å². The molecule has 0 aliphatic heterocycles. The van der Waals surface area contributed by atoms with Gasteiger partial charge in [-0.15, -0.1) is 0 Å². The summed E-state index contributed by atoms with van der Waals surface area (Å²) in [7, 11) is -1.71. The van der Waals surface area contributed by atoms with Gasteiger partial charge in [0, 0.05) is 35.6 Å². The zero-order chi connectivity index (χ0) is 14.9. The molecule has 3 nitrogen and oxygen atoms in total. The zero-order valence-electron chi connectivity index (χ0n) is 13.0. The van der Waals surface area contributed by atoms with Crippen LogP contribution >= 0.6 is 32.7 Å². The largest absolute Gasteiger partial charge is 0.354 e. The highest BCUT2D eigenvalue weighted by molar-refractivity contribution is 8.00. The third-order valence-electron chi connectivity index (χ3n) is 2.90. The van der Waals surface area contributed by atoms with Crippen molar-refractivity contribution < 1.29 is 12.8 Å². The van der Waals surface area contributed by atoms with Gasteiger partial charge >= 0.3 is 8.60 Å². The fraction of sp³-hybridized carbons (Fsp3) is 1.00. The van der Waals surface area contributed by atoms with Crippen molar-refractivity contribution in [3.05, 3.63) is 0 Å². The molecule has 0 bridgehead atoms. The minimum absolute atomic E-state index is 0.939. The SMILES string of the molecule is CCCCCCCSOP(O)OSCCCCCCC. The van der Waals surface area contributed by atoms with E-state index in [1.165, 1.54) is 75.5 Å². The van der Waals surface area contributed by atoms with E-state index >= 15 is 0 Å². The van der Waals surface area contributed by atoms with Gasteiger partial charge in [-0.05, 0) is 12.8 Å². The standard InChI is InChI=1S/C14H31O3PS2/c1-3-5-7-9-11-13-19-16-18(15)17-20-14-12-10-8-6-4-2/h15H,3-14H2,1-2H3. The smallest absolute Gasteiger partial charge is 0.327 e. The molecule has 0 aromatic rings. The summed E-state index contributed by atoms with van der Waals surface area (Å²) in [6, 6.07) is 0. The van der Waals surface area contributed by atoms with Crippen molar-refractivity contribution in [2.75, 3.05) is 11.5 Å². The minimum atomic E-state index is -1.71. The first-order valence-electron chi connectivity index (χ1n) is 7.89. The lowest BCUT2D eigenvalue weighted by molar-refractivity contribution is 0.429. The Morgan fingerprint density at radius 2 is 1.10 bits per heavy atom. The van der Waals surface area contributed by atoms with Gasteiger partial charge in [-0.3, -0.25) is 0 Å². The molecule has 20 heavy (non-hydrogen) atoms. The molecule has 0 spiro atoms. The fourth-order valence-corrected chi connectivity index (χ4v) is 3.99. The maximum Gasteiger partial charge on any atom is 0.354 e. The Labute approximate surface area is 135 Å². The summed E-state index contributed by atoms with van der Waals surface area (Å²) < 4.78 is 10.4. The van der Waals surface area contributed by atoms with Crippen LogP contribution in [0.4, 0.5) is 0 Å². The number of hydrogen-bond donors (Lipinski definition) is 1. The summed E-state index contributed by atoms with van der Waals surface area (Å²) in [4.78, 5) is 9.51. The molecular formula is C14H31O3PS2. The van der Waals surface area contributed by atoms with Crippen LogP contribution in [-0.4, -0.2) is 16.4 Å². The van der Waals surface area contributed by atoms with Gasteiger partial charge in [-0.25, -0.2) is 7.94 Å². The second-order valence-electron chi connectivity index (χ2n) is 4.86. The highest BCUT2D eigenvalue weighted by atomic mass is 32.2. The molecule has 0 atom stereocenters. The fourth-order valence-electron chi connectivity index (χ4n) is 1.71. The topological polar surface area (TPSA) is 38.7 Å². The van der Waals surface area contributed by atoms with Crippen LogP contribution in [0.1, 0.15) is 78.1 Å². The zero-order valence-corrected chi connectivity index (χ0v) is 15.5. The van der Waals surface area contributed by atoms with Crippen LogP contribution in [-0.2, 0) is 7.94 Å². The van der Waals surface area contributed by atoms with Crippen LogP contribution in [0.5, 0.6) is 0 Å². The first-order valence-corrected chi connectivity index (χ1v) is 10.8. The molecule has 0 rings (SSSR count). The Morgan fingerprint density at radius 1 is 0.700 bits per heavy atom. The van der Waals surface area contributed by atoms with Gasteiger partial charge in [0.15, 0.2) is 0 Å². The summed E-state index contributed by atoms with van der Waals surface area (Å²) in [6.07, 6.45) is 12.6. The maximum atomic E-state index is 9.51. The van der Waals surface area contributed by atoms with Gasteiger partial charge in [0.25, 0.3) is 0 Å². The number of hydrogen-bond acceptors (Lipinski definition) is 5. The van der Waals surface area contributed by atoms with Crippen molar-refractivity contribution in [2.24, 2.45) is 0 Å². The molecule has 0 fully saturated rings. The first kappa shape index (κ1) is 21.0. The van der Waals surface area contributed by atoms with E-state index in [2.05, 4.69) is 13.8 Å². The Bertz CT molecular complexity index is 170. The Balaban J connectivity index is 3.11. The Kier molecular flexibility index (Phi) is 19.0. The second-order valence-corrected chi connectivity index (χ2v) is 7.82. The molecule has 0 aliphatic carbocycles. The van der Waals surface area contributed by atoms with Crippen molar-refractivity contribution >= 4 is 32.7 Å². The van der Waals surface area contributed by atoms with Gasteiger partial charge < -0.3 is 4.89 Å². The van der Waals surface area contributed by atoms with Crippen LogP contribution in [0.3, 0.4) is 0 Å². The van der Waals surface area contributed by atoms with Crippen molar-refractivity contribution in [1.82, 2.24) is 0 Å². The summed E-state index contributed by atoms with van der Waals surface area (Å²) in [5, 5.41) is 0. The molecule has 0 radical (unpaired) electrons. The van der Waals surface area contributed by atoms with Crippen molar-refractivity contribution in [3.63, 3.8) is 0 Å².